The number of nitrogens with two attached hydrogens (primary N) is 1. The fourth-order valence-corrected chi connectivity index (χ4v) is 5.09. The quantitative estimate of drug-likeness (QED) is 0.840. The Labute approximate surface area is 133 Å². The van der Waals surface area contributed by atoms with E-state index in [0.717, 1.165) is 28.9 Å². The smallest absolute Gasteiger partial charge is 0.196 e. The van der Waals surface area contributed by atoms with Crippen LogP contribution < -0.4 is 10.6 Å². The number of guanidine groups is 1. The molecule has 2 aliphatic heterocycles. The molecule has 1 aromatic rings. The molecule has 1 saturated heterocycles. The van der Waals surface area contributed by atoms with Crippen molar-refractivity contribution in [2.75, 3.05) is 23.0 Å². The summed E-state index contributed by atoms with van der Waals surface area (Å²) in [6.45, 7) is 5.50. The maximum Gasteiger partial charge on any atom is 0.196 e. The van der Waals surface area contributed by atoms with Crippen molar-refractivity contribution in [1.29, 1.82) is 0 Å². The predicted molar refractivity (Wildman–Crippen MR) is 91.6 cm³/mol. The van der Waals surface area contributed by atoms with Crippen molar-refractivity contribution >= 4 is 39.3 Å². The number of nitrogens with zero attached hydrogens (tertiary/aromatic N) is 2. The Morgan fingerprint density at radius 2 is 1.95 bits per heavy atom. The third-order valence-corrected chi connectivity index (χ3v) is 6.25. The second-order valence-electron chi connectivity index (χ2n) is 6.54. The van der Waals surface area contributed by atoms with E-state index in [0.29, 0.717) is 11.4 Å². The fourth-order valence-electron chi connectivity index (χ4n) is 3.36. The molecular formula is C15H20BrN3S. The van der Waals surface area contributed by atoms with Crippen LogP contribution in [-0.4, -0.2) is 29.5 Å². The topological polar surface area (TPSA) is 41.6 Å². The molecule has 2 N–H and O–H groups in total. The van der Waals surface area contributed by atoms with Crippen molar-refractivity contribution in [3.63, 3.8) is 0 Å². The molecule has 5 heteroatoms. The largest absolute Gasteiger partial charge is 0.369 e. The van der Waals surface area contributed by atoms with Crippen molar-refractivity contribution in [3.8, 4) is 0 Å². The molecule has 2 heterocycles. The van der Waals surface area contributed by atoms with Crippen molar-refractivity contribution < 1.29 is 0 Å². The van der Waals surface area contributed by atoms with Gasteiger partial charge in [-0.25, -0.2) is 0 Å². The standard InChI is InChI=1S/C15H20BrN3S/c1-14(2)7-15(10-20-9-14)8-18-13(17)19(15)12-5-3-11(16)4-6-12/h3-6H,7-10H2,1-2H3,(H2,17,18). The van der Waals surface area contributed by atoms with Gasteiger partial charge < -0.3 is 10.6 Å². The summed E-state index contributed by atoms with van der Waals surface area (Å²) in [5, 5.41) is 0. The lowest BCUT2D eigenvalue weighted by Gasteiger charge is -2.47. The highest BCUT2D eigenvalue weighted by Gasteiger charge is 2.48. The Hall–Kier alpha value is -0.680. The molecule has 1 spiro atoms. The Bertz CT molecular complexity index is 541. The van der Waals surface area contributed by atoms with Crippen LogP contribution in [0.2, 0.25) is 0 Å². The van der Waals surface area contributed by atoms with Crippen LogP contribution in [0.15, 0.2) is 33.7 Å². The zero-order valence-electron chi connectivity index (χ0n) is 11.9. The maximum atomic E-state index is 6.20. The highest BCUT2D eigenvalue weighted by molar-refractivity contribution is 9.10. The van der Waals surface area contributed by atoms with E-state index in [4.69, 9.17) is 5.73 Å². The lowest BCUT2D eigenvalue weighted by atomic mass is 9.79. The lowest BCUT2D eigenvalue weighted by molar-refractivity contribution is 0.282. The van der Waals surface area contributed by atoms with Crippen LogP contribution in [-0.2, 0) is 0 Å². The van der Waals surface area contributed by atoms with Crippen LogP contribution in [0.5, 0.6) is 0 Å². The van der Waals surface area contributed by atoms with Gasteiger partial charge in [-0.05, 0) is 41.9 Å². The number of aliphatic imine (C=N–C) groups is 1. The Kier molecular flexibility index (Phi) is 3.53. The zero-order valence-corrected chi connectivity index (χ0v) is 14.3. The van der Waals surface area contributed by atoms with E-state index in [1.807, 2.05) is 11.8 Å². The fraction of sp³-hybridized carbons (Fsp3) is 0.533. The van der Waals surface area contributed by atoms with Gasteiger partial charge in [0, 0.05) is 15.9 Å². The van der Waals surface area contributed by atoms with Crippen molar-refractivity contribution in [2.45, 2.75) is 25.8 Å². The first-order valence-electron chi connectivity index (χ1n) is 6.85. The minimum atomic E-state index is 0.0460. The van der Waals surface area contributed by atoms with Crippen LogP contribution in [0, 0.1) is 5.41 Å². The minimum absolute atomic E-state index is 0.0460. The number of halogens is 1. The second-order valence-corrected chi connectivity index (χ2v) is 8.45. The first-order valence-corrected chi connectivity index (χ1v) is 8.80. The normalized spacial score (nSPS) is 28.8. The van der Waals surface area contributed by atoms with E-state index in [9.17, 15) is 0 Å². The van der Waals surface area contributed by atoms with Gasteiger partial charge in [-0.15, -0.1) is 0 Å². The van der Waals surface area contributed by atoms with Gasteiger partial charge in [0.1, 0.15) is 0 Å². The molecule has 0 saturated carbocycles. The van der Waals surface area contributed by atoms with E-state index in [-0.39, 0.29) is 5.54 Å². The van der Waals surface area contributed by atoms with Gasteiger partial charge in [0.15, 0.2) is 5.96 Å². The second kappa shape index (κ2) is 4.95. The monoisotopic (exact) mass is 353 g/mol. The van der Waals surface area contributed by atoms with Gasteiger partial charge in [0.2, 0.25) is 0 Å². The van der Waals surface area contributed by atoms with Crippen molar-refractivity contribution in [1.82, 2.24) is 0 Å². The predicted octanol–water partition coefficient (Wildman–Crippen LogP) is 3.49. The van der Waals surface area contributed by atoms with E-state index in [1.165, 1.54) is 5.75 Å². The van der Waals surface area contributed by atoms with Crippen LogP contribution in [0.1, 0.15) is 20.3 Å². The van der Waals surface area contributed by atoms with Gasteiger partial charge in [-0.2, -0.15) is 11.8 Å². The number of rotatable bonds is 1. The number of thioether (sulfide) groups is 1. The molecule has 1 aromatic carbocycles. The SMILES string of the molecule is CC1(C)CSCC2(CN=C(N)N2c2ccc(Br)cc2)C1. The molecule has 1 fully saturated rings. The number of anilines is 1. The highest BCUT2D eigenvalue weighted by Crippen LogP contribution is 2.45. The third-order valence-electron chi connectivity index (χ3n) is 3.99. The van der Waals surface area contributed by atoms with Crippen molar-refractivity contribution in [2.24, 2.45) is 16.1 Å². The molecule has 0 bridgehead atoms. The third kappa shape index (κ3) is 2.46. The maximum absolute atomic E-state index is 6.20. The molecule has 2 aliphatic rings. The molecule has 1 unspecified atom stereocenters. The molecule has 0 aromatic heterocycles. The first kappa shape index (κ1) is 14.3. The number of benzene rings is 1. The Morgan fingerprint density at radius 1 is 1.25 bits per heavy atom. The van der Waals surface area contributed by atoms with Crippen LogP contribution >= 0.6 is 27.7 Å². The van der Waals surface area contributed by atoms with E-state index >= 15 is 0 Å². The molecule has 3 nitrogen and oxygen atoms in total. The Morgan fingerprint density at radius 3 is 2.60 bits per heavy atom. The summed E-state index contributed by atoms with van der Waals surface area (Å²) in [6.07, 6.45) is 1.13. The highest BCUT2D eigenvalue weighted by atomic mass is 79.9. The lowest BCUT2D eigenvalue weighted by Crippen LogP contribution is -2.58. The van der Waals surface area contributed by atoms with E-state index < -0.39 is 0 Å². The summed E-state index contributed by atoms with van der Waals surface area (Å²) in [5.74, 6) is 2.96. The molecule has 0 amide bonds. The van der Waals surface area contributed by atoms with E-state index in [2.05, 4.69) is 63.9 Å². The number of hydrogen-bond donors (Lipinski definition) is 1. The molecule has 20 heavy (non-hydrogen) atoms. The molecule has 108 valence electrons. The van der Waals surface area contributed by atoms with Crippen LogP contribution in [0.3, 0.4) is 0 Å². The molecule has 0 radical (unpaired) electrons. The van der Waals surface area contributed by atoms with Gasteiger partial charge >= 0.3 is 0 Å². The summed E-state index contributed by atoms with van der Waals surface area (Å²) < 4.78 is 1.09. The average Bonchev–Trinajstić information content (AvgIpc) is 2.66. The minimum Gasteiger partial charge on any atom is -0.369 e. The van der Waals surface area contributed by atoms with Gasteiger partial charge in [0.05, 0.1) is 12.1 Å². The molecule has 3 rings (SSSR count). The molecule has 1 atom stereocenters. The van der Waals surface area contributed by atoms with E-state index in [1.54, 1.807) is 0 Å². The Balaban J connectivity index is 1.97. The summed E-state index contributed by atoms with van der Waals surface area (Å²) in [6, 6.07) is 8.36. The molecular weight excluding hydrogens is 334 g/mol. The van der Waals surface area contributed by atoms with Crippen LogP contribution in [0.25, 0.3) is 0 Å². The average molecular weight is 354 g/mol. The summed E-state index contributed by atoms with van der Waals surface area (Å²) in [4.78, 5) is 6.81. The summed E-state index contributed by atoms with van der Waals surface area (Å²) in [5.41, 5.74) is 7.72. The van der Waals surface area contributed by atoms with Crippen molar-refractivity contribution in [3.05, 3.63) is 28.7 Å². The van der Waals surface area contributed by atoms with Gasteiger partial charge in [0.25, 0.3) is 0 Å². The summed E-state index contributed by atoms with van der Waals surface area (Å²) >= 11 is 5.51. The van der Waals surface area contributed by atoms with Gasteiger partial charge in [-0.3, -0.25) is 4.99 Å². The van der Waals surface area contributed by atoms with Gasteiger partial charge in [-0.1, -0.05) is 29.8 Å². The summed E-state index contributed by atoms with van der Waals surface area (Å²) in [7, 11) is 0. The van der Waals surface area contributed by atoms with Crippen LogP contribution in [0.4, 0.5) is 5.69 Å². The first-order chi connectivity index (χ1) is 9.42. The zero-order chi connectivity index (χ0) is 14.4. The molecule has 0 aliphatic carbocycles. The number of hydrogen-bond acceptors (Lipinski definition) is 4.